The summed E-state index contributed by atoms with van der Waals surface area (Å²) in [7, 11) is 1.41. The fourth-order valence-electron chi connectivity index (χ4n) is 2.60. The largest absolute Gasteiger partial charge is 0.469 e. The first kappa shape index (κ1) is 14.5. The van der Waals surface area contributed by atoms with Gasteiger partial charge in [-0.05, 0) is 12.8 Å². The van der Waals surface area contributed by atoms with Crippen molar-refractivity contribution in [2.75, 3.05) is 7.11 Å². The summed E-state index contributed by atoms with van der Waals surface area (Å²) in [4.78, 5) is 11.6. The Balaban J connectivity index is 2.47. The molecule has 0 radical (unpaired) electrons. The van der Waals surface area contributed by atoms with Gasteiger partial charge in [-0.15, -0.1) is 0 Å². The second-order valence-corrected chi connectivity index (χ2v) is 5.10. The SMILES string of the molecule is COC(=O)[C@H]1CCCCCCCCCC[C@@H]1O. The summed E-state index contributed by atoms with van der Waals surface area (Å²) < 4.78 is 4.79. The molecular formula is C14H26O3. The molecule has 2 atom stereocenters. The highest BCUT2D eigenvalue weighted by molar-refractivity contribution is 5.72. The van der Waals surface area contributed by atoms with Crippen molar-refractivity contribution in [3.63, 3.8) is 0 Å². The number of esters is 1. The highest BCUT2D eigenvalue weighted by Gasteiger charge is 2.26. The topological polar surface area (TPSA) is 46.5 Å². The third-order valence-electron chi connectivity index (χ3n) is 3.73. The van der Waals surface area contributed by atoms with E-state index in [0.717, 1.165) is 25.7 Å². The molecule has 3 heteroatoms. The predicted molar refractivity (Wildman–Crippen MR) is 67.7 cm³/mol. The van der Waals surface area contributed by atoms with Crippen LogP contribution in [0.4, 0.5) is 0 Å². The predicted octanol–water partition coefficient (Wildman–Crippen LogP) is 3.05. The molecule has 0 saturated heterocycles. The van der Waals surface area contributed by atoms with Crippen LogP contribution in [0.5, 0.6) is 0 Å². The molecule has 1 saturated carbocycles. The highest BCUT2D eigenvalue weighted by atomic mass is 16.5. The van der Waals surface area contributed by atoms with E-state index in [2.05, 4.69) is 0 Å². The second kappa shape index (κ2) is 8.51. The Morgan fingerprint density at radius 1 is 0.941 bits per heavy atom. The van der Waals surface area contributed by atoms with Crippen molar-refractivity contribution in [3.8, 4) is 0 Å². The number of carbonyl (C=O) groups excluding carboxylic acids is 1. The van der Waals surface area contributed by atoms with Gasteiger partial charge in [-0.2, -0.15) is 0 Å². The van der Waals surface area contributed by atoms with Crippen LogP contribution in [0.2, 0.25) is 0 Å². The monoisotopic (exact) mass is 242 g/mol. The van der Waals surface area contributed by atoms with E-state index >= 15 is 0 Å². The van der Waals surface area contributed by atoms with Crippen molar-refractivity contribution in [1.29, 1.82) is 0 Å². The van der Waals surface area contributed by atoms with E-state index in [-0.39, 0.29) is 11.9 Å². The van der Waals surface area contributed by atoms with Gasteiger partial charge >= 0.3 is 5.97 Å². The maximum absolute atomic E-state index is 11.6. The van der Waals surface area contributed by atoms with Gasteiger partial charge in [-0.1, -0.05) is 51.4 Å². The maximum Gasteiger partial charge on any atom is 0.311 e. The lowest BCUT2D eigenvalue weighted by Crippen LogP contribution is -2.29. The van der Waals surface area contributed by atoms with Crippen molar-refractivity contribution in [2.24, 2.45) is 5.92 Å². The molecule has 0 amide bonds. The van der Waals surface area contributed by atoms with E-state index in [4.69, 9.17) is 4.74 Å². The molecule has 0 aliphatic heterocycles. The summed E-state index contributed by atoms with van der Waals surface area (Å²) in [5.41, 5.74) is 0. The van der Waals surface area contributed by atoms with Gasteiger partial charge in [0, 0.05) is 0 Å². The van der Waals surface area contributed by atoms with E-state index in [9.17, 15) is 9.90 Å². The first-order valence-electron chi connectivity index (χ1n) is 7.01. The van der Waals surface area contributed by atoms with Crippen LogP contribution in [0.25, 0.3) is 0 Å². The Kier molecular flexibility index (Phi) is 7.25. The van der Waals surface area contributed by atoms with Crippen LogP contribution in [-0.2, 0) is 9.53 Å². The third kappa shape index (κ3) is 5.53. The molecule has 1 aliphatic carbocycles. The average Bonchev–Trinajstić information content (AvgIpc) is 2.33. The fourth-order valence-corrected chi connectivity index (χ4v) is 2.60. The third-order valence-corrected chi connectivity index (χ3v) is 3.73. The molecule has 1 N–H and O–H groups in total. The number of rotatable bonds is 1. The molecule has 1 fully saturated rings. The minimum atomic E-state index is -0.512. The number of ether oxygens (including phenoxy) is 1. The zero-order chi connectivity index (χ0) is 12.5. The van der Waals surface area contributed by atoms with E-state index in [1.54, 1.807) is 0 Å². The number of carbonyl (C=O) groups is 1. The van der Waals surface area contributed by atoms with Gasteiger partial charge in [0.1, 0.15) is 0 Å². The zero-order valence-electron chi connectivity index (χ0n) is 11.0. The zero-order valence-corrected chi connectivity index (χ0v) is 11.0. The Bertz CT molecular complexity index is 216. The van der Waals surface area contributed by atoms with E-state index in [0.29, 0.717) is 0 Å². The minimum absolute atomic E-state index is 0.241. The number of hydrogen-bond acceptors (Lipinski definition) is 3. The molecule has 0 aromatic rings. The van der Waals surface area contributed by atoms with Gasteiger partial charge < -0.3 is 9.84 Å². The van der Waals surface area contributed by atoms with Gasteiger partial charge in [0.05, 0.1) is 19.1 Å². The Hall–Kier alpha value is -0.570. The minimum Gasteiger partial charge on any atom is -0.469 e. The van der Waals surface area contributed by atoms with E-state index in [1.807, 2.05) is 0 Å². The summed E-state index contributed by atoms with van der Waals surface area (Å²) in [6.07, 6.45) is 10.5. The van der Waals surface area contributed by atoms with Crippen molar-refractivity contribution >= 4 is 5.97 Å². The van der Waals surface area contributed by atoms with Crippen LogP contribution in [0.1, 0.15) is 64.2 Å². The van der Waals surface area contributed by atoms with Crippen LogP contribution >= 0.6 is 0 Å². The van der Waals surface area contributed by atoms with Crippen molar-refractivity contribution in [3.05, 3.63) is 0 Å². The van der Waals surface area contributed by atoms with Crippen molar-refractivity contribution in [1.82, 2.24) is 0 Å². The number of methoxy groups -OCH3 is 1. The molecular weight excluding hydrogens is 216 g/mol. The summed E-state index contributed by atoms with van der Waals surface area (Å²) in [5, 5.41) is 10.1. The van der Waals surface area contributed by atoms with E-state index in [1.165, 1.54) is 45.6 Å². The highest BCUT2D eigenvalue weighted by Crippen LogP contribution is 2.22. The Morgan fingerprint density at radius 2 is 1.41 bits per heavy atom. The van der Waals surface area contributed by atoms with Gasteiger partial charge in [0.25, 0.3) is 0 Å². The number of hydrogen-bond donors (Lipinski definition) is 1. The quantitative estimate of drug-likeness (QED) is 0.719. The van der Waals surface area contributed by atoms with Gasteiger partial charge in [0.15, 0.2) is 0 Å². The van der Waals surface area contributed by atoms with Crippen LogP contribution in [0.3, 0.4) is 0 Å². The van der Waals surface area contributed by atoms with Crippen LogP contribution in [0.15, 0.2) is 0 Å². The van der Waals surface area contributed by atoms with Crippen LogP contribution in [-0.4, -0.2) is 24.3 Å². The first-order valence-corrected chi connectivity index (χ1v) is 7.01. The lowest BCUT2D eigenvalue weighted by atomic mass is 9.90. The molecule has 3 nitrogen and oxygen atoms in total. The van der Waals surface area contributed by atoms with Crippen molar-refractivity contribution in [2.45, 2.75) is 70.3 Å². The molecule has 0 aromatic heterocycles. The van der Waals surface area contributed by atoms with Gasteiger partial charge in [0.2, 0.25) is 0 Å². The van der Waals surface area contributed by atoms with Gasteiger partial charge in [-0.3, -0.25) is 4.79 Å². The molecule has 0 spiro atoms. The second-order valence-electron chi connectivity index (χ2n) is 5.10. The summed E-state index contributed by atoms with van der Waals surface area (Å²) in [6.45, 7) is 0. The molecule has 0 heterocycles. The molecule has 1 aliphatic rings. The smallest absolute Gasteiger partial charge is 0.311 e. The normalized spacial score (nSPS) is 28.8. The first-order chi connectivity index (χ1) is 8.25. The Morgan fingerprint density at radius 3 is 1.94 bits per heavy atom. The average molecular weight is 242 g/mol. The molecule has 0 bridgehead atoms. The summed E-state index contributed by atoms with van der Waals surface area (Å²) in [6, 6.07) is 0. The van der Waals surface area contributed by atoms with E-state index < -0.39 is 6.10 Å². The van der Waals surface area contributed by atoms with Crippen molar-refractivity contribution < 1.29 is 14.6 Å². The lowest BCUT2D eigenvalue weighted by molar-refractivity contribution is -0.150. The molecule has 17 heavy (non-hydrogen) atoms. The molecule has 0 unspecified atom stereocenters. The number of aliphatic hydroxyl groups is 1. The standard InChI is InChI=1S/C14H26O3/c1-17-14(16)12-10-8-6-4-2-3-5-7-9-11-13(12)15/h12-13,15H,2-11H2,1H3/t12-,13-/m0/s1. The lowest BCUT2D eigenvalue weighted by Gasteiger charge is -2.21. The number of aliphatic hydroxyl groups excluding tert-OH is 1. The molecule has 100 valence electrons. The van der Waals surface area contributed by atoms with Crippen LogP contribution in [0, 0.1) is 5.92 Å². The molecule has 0 aromatic carbocycles. The summed E-state index contributed by atoms with van der Waals surface area (Å²) >= 11 is 0. The van der Waals surface area contributed by atoms with Crippen LogP contribution < -0.4 is 0 Å². The maximum atomic E-state index is 11.6. The van der Waals surface area contributed by atoms with Gasteiger partial charge in [-0.25, -0.2) is 0 Å². The Labute approximate surface area is 105 Å². The summed E-state index contributed by atoms with van der Waals surface area (Å²) in [5.74, 6) is -0.547. The molecule has 1 rings (SSSR count). The fraction of sp³-hybridized carbons (Fsp3) is 0.929.